The summed E-state index contributed by atoms with van der Waals surface area (Å²) in [5.74, 6) is 0. The fraction of sp³-hybridized carbons (Fsp3) is 0.200. The predicted molar refractivity (Wildman–Crippen MR) is 80.4 cm³/mol. The van der Waals surface area contributed by atoms with E-state index in [1.165, 1.54) is 5.69 Å². The molecule has 0 spiro atoms. The minimum absolute atomic E-state index is 0.715. The number of imidazole rings is 1. The molecule has 19 heavy (non-hydrogen) atoms. The molecule has 0 fully saturated rings. The maximum Gasteiger partial charge on any atom is 0.182 e. The van der Waals surface area contributed by atoms with Crippen molar-refractivity contribution in [3.63, 3.8) is 0 Å². The van der Waals surface area contributed by atoms with Crippen LogP contribution in [0.2, 0.25) is 0 Å². The number of para-hydroxylation sites is 1. The number of pyridine rings is 1. The van der Waals surface area contributed by atoms with Gasteiger partial charge in [-0.15, -0.1) is 0 Å². The molecule has 0 bridgehead atoms. The Hall–Kier alpha value is -1.94. The van der Waals surface area contributed by atoms with Gasteiger partial charge in [-0.05, 0) is 37.7 Å². The predicted octanol–water partition coefficient (Wildman–Crippen LogP) is 3.95. The van der Waals surface area contributed by atoms with Crippen LogP contribution < -0.4 is 0 Å². The average molecular weight is 269 g/mol. The highest BCUT2D eigenvalue weighted by Gasteiger charge is 2.09. The lowest BCUT2D eigenvalue weighted by molar-refractivity contribution is 0.925. The van der Waals surface area contributed by atoms with Crippen LogP contribution in [0.25, 0.3) is 16.6 Å². The molecule has 1 N–H and O–H groups in total. The van der Waals surface area contributed by atoms with E-state index in [1.54, 1.807) is 0 Å². The van der Waals surface area contributed by atoms with Gasteiger partial charge in [0.25, 0.3) is 0 Å². The number of hydrogen-bond acceptors (Lipinski definition) is 2. The lowest BCUT2D eigenvalue weighted by atomic mass is 10.1. The van der Waals surface area contributed by atoms with Crippen molar-refractivity contribution in [2.24, 2.45) is 0 Å². The van der Waals surface area contributed by atoms with Gasteiger partial charge in [-0.25, -0.2) is 0 Å². The molecule has 0 saturated carbocycles. The average Bonchev–Trinajstić information content (AvgIpc) is 2.79. The van der Waals surface area contributed by atoms with Crippen LogP contribution in [-0.2, 0) is 6.42 Å². The summed E-state index contributed by atoms with van der Waals surface area (Å²) in [6, 6.07) is 10.3. The molecule has 3 aromatic rings. The van der Waals surface area contributed by atoms with Crippen molar-refractivity contribution in [2.75, 3.05) is 0 Å². The van der Waals surface area contributed by atoms with Crippen molar-refractivity contribution < 1.29 is 0 Å². The first kappa shape index (κ1) is 12.1. The third-order valence-corrected chi connectivity index (χ3v) is 3.59. The standard InChI is InChI=1S/C15H15N3S/c1-3-12-9-16-15(19)18(12)13-6-4-5-11-8-7-10(2)17-14(11)13/h4-9H,3H2,1-2H3,(H,16,19). The first-order valence-corrected chi connectivity index (χ1v) is 6.77. The third kappa shape index (κ3) is 1.98. The molecule has 0 amide bonds. The summed E-state index contributed by atoms with van der Waals surface area (Å²) in [7, 11) is 0. The summed E-state index contributed by atoms with van der Waals surface area (Å²) in [4.78, 5) is 7.78. The van der Waals surface area contributed by atoms with Crippen LogP contribution in [0.15, 0.2) is 36.5 Å². The molecule has 2 aromatic heterocycles. The maximum atomic E-state index is 5.40. The number of aromatic nitrogens is 3. The van der Waals surface area contributed by atoms with Gasteiger partial charge in [0.15, 0.2) is 4.77 Å². The van der Waals surface area contributed by atoms with Crippen LogP contribution in [0.4, 0.5) is 0 Å². The minimum Gasteiger partial charge on any atom is -0.337 e. The number of benzene rings is 1. The van der Waals surface area contributed by atoms with Gasteiger partial charge < -0.3 is 4.98 Å². The van der Waals surface area contributed by atoms with Gasteiger partial charge in [-0.1, -0.05) is 25.1 Å². The second-order valence-corrected chi connectivity index (χ2v) is 4.96. The van der Waals surface area contributed by atoms with Gasteiger partial charge in [0.2, 0.25) is 0 Å². The van der Waals surface area contributed by atoms with Crippen LogP contribution in [0.3, 0.4) is 0 Å². The number of rotatable bonds is 2. The van der Waals surface area contributed by atoms with E-state index >= 15 is 0 Å². The Balaban J connectivity index is 2.39. The number of H-pyrrole nitrogens is 1. The maximum absolute atomic E-state index is 5.40. The van der Waals surface area contributed by atoms with Gasteiger partial charge in [0.1, 0.15) is 0 Å². The van der Waals surface area contributed by atoms with Crippen molar-refractivity contribution in [1.82, 2.24) is 14.5 Å². The quantitative estimate of drug-likeness (QED) is 0.715. The number of hydrogen-bond donors (Lipinski definition) is 1. The number of nitrogens with one attached hydrogen (secondary N) is 1. The van der Waals surface area contributed by atoms with Crippen molar-refractivity contribution in [1.29, 1.82) is 0 Å². The minimum atomic E-state index is 0.715. The highest BCUT2D eigenvalue weighted by Crippen LogP contribution is 2.23. The largest absolute Gasteiger partial charge is 0.337 e. The molecule has 0 atom stereocenters. The fourth-order valence-corrected chi connectivity index (χ4v) is 2.61. The summed E-state index contributed by atoms with van der Waals surface area (Å²) in [6.07, 6.45) is 2.90. The lowest BCUT2D eigenvalue weighted by Gasteiger charge is -2.10. The number of nitrogens with zero attached hydrogens (tertiary/aromatic N) is 2. The molecular weight excluding hydrogens is 254 g/mol. The molecule has 0 aliphatic carbocycles. The highest BCUT2D eigenvalue weighted by molar-refractivity contribution is 7.71. The SMILES string of the molecule is CCc1c[nH]c(=S)n1-c1cccc2ccc(C)nc12. The zero-order valence-electron chi connectivity index (χ0n) is 11.0. The number of fused-ring (bicyclic) bond motifs is 1. The molecule has 3 nitrogen and oxygen atoms in total. The molecule has 4 heteroatoms. The summed E-state index contributed by atoms with van der Waals surface area (Å²) in [6.45, 7) is 4.13. The first-order chi connectivity index (χ1) is 9.20. The van der Waals surface area contributed by atoms with Crippen LogP contribution >= 0.6 is 12.2 Å². The Morgan fingerprint density at radius 3 is 2.89 bits per heavy atom. The molecule has 0 aliphatic heterocycles. The Bertz CT molecular complexity index is 799. The fourth-order valence-electron chi connectivity index (χ4n) is 2.34. The molecule has 3 rings (SSSR count). The molecular formula is C15H15N3S. The molecule has 0 saturated heterocycles. The van der Waals surface area contributed by atoms with Gasteiger partial charge in [0, 0.05) is 23.0 Å². The van der Waals surface area contributed by atoms with Gasteiger partial charge >= 0.3 is 0 Å². The monoisotopic (exact) mass is 269 g/mol. The molecule has 96 valence electrons. The number of aromatic amines is 1. The zero-order valence-corrected chi connectivity index (χ0v) is 11.8. The molecule has 0 radical (unpaired) electrons. The van der Waals surface area contributed by atoms with Crippen molar-refractivity contribution in [3.05, 3.63) is 52.7 Å². The highest BCUT2D eigenvalue weighted by atomic mass is 32.1. The van der Waals surface area contributed by atoms with Crippen molar-refractivity contribution >= 4 is 23.1 Å². The summed E-state index contributed by atoms with van der Waals surface area (Å²) in [5, 5.41) is 1.13. The van der Waals surface area contributed by atoms with E-state index in [1.807, 2.05) is 25.3 Å². The summed E-state index contributed by atoms with van der Waals surface area (Å²) in [5.41, 5.74) is 4.22. The topological polar surface area (TPSA) is 33.6 Å². The summed E-state index contributed by atoms with van der Waals surface area (Å²) < 4.78 is 2.79. The van der Waals surface area contributed by atoms with E-state index < -0.39 is 0 Å². The zero-order chi connectivity index (χ0) is 13.4. The first-order valence-electron chi connectivity index (χ1n) is 6.36. The molecule has 0 unspecified atom stereocenters. The van der Waals surface area contributed by atoms with Crippen LogP contribution in [-0.4, -0.2) is 14.5 Å². The van der Waals surface area contributed by atoms with Crippen LogP contribution in [0.5, 0.6) is 0 Å². The Morgan fingerprint density at radius 2 is 2.11 bits per heavy atom. The van der Waals surface area contributed by atoms with E-state index in [-0.39, 0.29) is 0 Å². The third-order valence-electron chi connectivity index (χ3n) is 3.29. The van der Waals surface area contributed by atoms with E-state index in [0.717, 1.165) is 28.7 Å². The Kier molecular flexibility index (Phi) is 2.95. The van der Waals surface area contributed by atoms with Crippen molar-refractivity contribution in [3.8, 4) is 5.69 Å². The van der Waals surface area contributed by atoms with Crippen LogP contribution in [0, 0.1) is 11.7 Å². The second-order valence-electron chi connectivity index (χ2n) is 4.58. The van der Waals surface area contributed by atoms with Gasteiger partial charge in [0.05, 0.1) is 11.2 Å². The molecule has 1 aromatic carbocycles. The Morgan fingerprint density at radius 1 is 1.26 bits per heavy atom. The van der Waals surface area contributed by atoms with E-state index in [4.69, 9.17) is 12.2 Å². The van der Waals surface area contributed by atoms with Crippen molar-refractivity contribution in [2.45, 2.75) is 20.3 Å². The Labute approximate surface area is 116 Å². The van der Waals surface area contributed by atoms with E-state index in [2.05, 4.69) is 39.7 Å². The summed E-state index contributed by atoms with van der Waals surface area (Å²) >= 11 is 5.40. The van der Waals surface area contributed by atoms with E-state index in [9.17, 15) is 0 Å². The molecule has 0 aliphatic rings. The smallest absolute Gasteiger partial charge is 0.182 e. The number of aryl methyl sites for hydroxylation is 2. The van der Waals surface area contributed by atoms with Crippen LogP contribution in [0.1, 0.15) is 18.3 Å². The normalized spacial score (nSPS) is 11.1. The van der Waals surface area contributed by atoms with Gasteiger partial charge in [-0.3, -0.25) is 9.55 Å². The molecule has 2 heterocycles. The van der Waals surface area contributed by atoms with Gasteiger partial charge in [-0.2, -0.15) is 0 Å². The second kappa shape index (κ2) is 4.63. The lowest BCUT2D eigenvalue weighted by Crippen LogP contribution is -2.01. The van der Waals surface area contributed by atoms with E-state index in [0.29, 0.717) is 4.77 Å².